The van der Waals surface area contributed by atoms with E-state index in [0.717, 1.165) is 33.1 Å². The molecule has 1 heterocycles. The van der Waals surface area contributed by atoms with Crippen molar-refractivity contribution < 1.29 is 17.9 Å². The first-order valence-corrected chi connectivity index (χ1v) is 11.2. The monoisotopic (exact) mass is 505 g/mol. The number of nitrogens with zero attached hydrogens (tertiary/aromatic N) is 3. The van der Waals surface area contributed by atoms with Crippen LogP contribution in [0.25, 0.3) is 27.5 Å². The van der Waals surface area contributed by atoms with E-state index >= 15 is 0 Å². The Bertz CT molecular complexity index is 1560. The minimum Gasteiger partial charge on any atom is -0.406 e. The second-order valence-corrected chi connectivity index (χ2v) is 8.17. The van der Waals surface area contributed by atoms with Gasteiger partial charge in [0.1, 0.15) is 12.1 Å². The van der Waals surface area contributed by atoms with E-state index in [1.165, 1.54) is 12.1 Å². The number of hydrazone groups is 1. The molecule has 0 bridgehead atoms. The van der Waals surface area contributed by atoms with Crippen molar-refractivity contribution in [1.82, 2.24) is 15.0 Å². The number of aromatic nitrogens is 2. The molecular formula is C26H18F3N5OS. The number of alkyl halides is 3. The lowest BCUT2D eigenvalue weighted by atomic mass is 10.1. The van der Waals surface area contributed by atoms with Crippen LogP contribution in [0, 0.1) is 0 Å². The Labute approximate surface area is 209 Å². The number of imidazole rings is 1. The average molecular weight is 506 g/mol. The Hall–Kier alpha value is -4.44. The van der Waals surface area contributed by atoms with E-state index in [1.54, 1.807) is 24.7 Å². The first-order valence-electron chi connectivity index (χ1n) is 10.8. The first kappa shape index (κ1) is 23.3. The zero-order valence-corrected chi connectivity index (χ0v) is 19.3. The van der Waals surface area contributed by atoms with E-state index < -0.39 is 6.36 Å². The molecule has 36 heavy (non-hydrogen) atoms. The van der Waals surface area contributed by atoms with Gasteiger partial charge in [-0.3, -0.25) is 9.99 Å². The Morgan fingerprint density at radius 3 is 2.50 bits per heavy atom. The molecule has 5 rings (SSSR count). The molecule has 10 heteroatoms. The largest absolute Gasteiger partial charge is 0.573 e. The summed E-state index contributed by atoms with van der Waals surface area (Å²) < 4.78 is 43.0. The summed E-state index contributed by atoms with van der Waals surface area (Å²) in [5.41, 5.74) is 6.81. The van der Waals surface area contributed by atoms with E-state index in [-0.39, 0.29) is 5.75 Å². The third kappa shape index (κ3) is 5.28. The Morgan fingerprint density at radius 1 is 0.972 bits per heavy atom. The molecule has 4 aromatic carbocycles. The van der Waals surface area contributed by atoms with Gasteiger partial charge < -0.3 is 10.1 Å². The van der Waals surface area contributed by atoms with Gasteiger partial charge in [-0.1, -0.05) is 36.4 Å². The maximum atomic E-state index is 12.4. The molecule has 0 fully saturated rings. The predicted octanol–water partition coefficient (Wildman–Crippen LogP) is 6.40. The van der Waals surface area contributed by atoms with Crippen molar-refractivity contribution in [2.24, 2.45) is 5.10 Å². The topological polar surface area (TPSA) is 63.5 Å². The molecule has 0 saturated carbocycles. The molecule has 1 aromatic heterocycles. The number of hydrogen-bond acceptors (Lipinski definition) is 4. The highest BCUT2D eigenvalue weighted by molar-refractivity contribution is 7.80. The summed E-state index contributed by atoms with van der Waals surface area (Å²) in [6, 6.07) is 24.9. The third-order valence-electron chi connectivity index (χ3n) is 5.32. The molecule has 6 nitrogen and oxygen atoms in total. The van der Waals surface area contributed by atoms with Crippen molar-refractivity contribution >= 4 is 51.0 Å². The van der Waals surface area contributed by atoms with Crippen molar-refractivity contribution in [2.75, 3.05) is 5.32 Å². The van der Waals surface area contributed by atoms with E-state index in [4.69, 9.17) is 12.2 Å². The van der Waals surface area contributed by atoms with Crippen molar-refractivity contribution in [2.45, 2.75) is 6.36 Å². The minimum absolute atomic E-state index is 0.276. The molecule has 2 N–H and O–H groups in total. The Balaban J connectivity index is 1.33. The number of rotatable bonds is 5. The highest BCUT2D eigenvalue weighted by atomic mass is 32.1. The lowest BCUT2D eigenvalue weighted by Crippen LogP contribution is -2.23. The molecule has 0 amide bonds. The molecule has 0 spiro atoms. The fourth-order valence-electron chi connectivity index (χ4n) is 3.77. The van der Waals surface area contributed by atoms with Crippen LogP contribution in [0.4, 0.5) is 18.9 Å². The summed E-state index contributed by atoms with van der Waals surface area (Å²) in [4.78, 5) is 4.54. The SMILES string of the molecule is FC(F)(F)Oc1ccc(-n2cnc3c4ccc(/C=N/NC(=S)Nc5ccccc5)cc4ccc32)cc1. The van der Waals surface area contributed by atoms with Gasteiger partial charge in [0.25, 0.3) is 0 Å². The van der Waals surface area contributed by atoms with E-state index in [9.17, 15) is 13.2 Å². The summed E-state index contributed by atoms with van der Waals surface area (Å²) >= 11 is 5.25. The van der Waals surface area contributed by atoms with Gasteiger partial charge in [0.2, 0.25) is 0 Å². The van der Waals surface area contributed by atoms with Gasteiger partial charge in [0.15, 0.2) is 5.11 Å². The number of anilines is 1. The van der Waals surface area contributed by atoms with Crippen molar-refractivity contribution in [3.8, 4) is 11.4 Å². The van der Waals surface area contributed by atoms with Crippen LogP contribution >= 0.6 is 12.2 Å². The molecule has 0 aliphatic carbocycles. The molecular weight excluding hydrogens is 487 g/mol. The van der Waals surface area contributed by atoms with E-state index in [2.05, 4.69) is 25.6 Å². The summed E-state index contributed by atoms with van der Waals surface area (Å²) in [5, 5.41) is 9.53. The number of ether oxygens (including phenoxy) is 1. The number of thiocarbonyl (C=S) groups is 1. The van der Waals surface area contributed by atoms with Crippen LogP contribution in [0.1, 0.15) is 5.56 Å². The fraction of sp³-hybridized carbons (Fsp3) is 0.0385. The zero-order chi connectivity index (χ0) is 25.1. The molecule has 0 unspecified atom stereocenters. The van der Waals surface area contributed by atoms with Gasteiger partial charge in [-0.25, -0.2) is 4.98 Å². The summed E-state index contributed by atoms with van der Waals surface area (Å²) in [7, 11) is 0. The standard InChI is InChI=1S/C26H18F3N5OS/c27-26(28,29)35-21-10-8-20(9-11-21)34-16-30-24-22-12-6-17(14-18(22)7-13-23(24)34)15-31-33-25(36)32-19-4-2-1-3-5-19/h1-16H,(H2,32,33,36)/b31-15+. The highest BCUT2D eigenvalue weighted by Gasteiger charge is 2.31. The van der Waals surface area contributed by atoms with Gasteiger partial charge in [0.05, 0.1) is 17.2 Å². The molecule has 5 aromatic rings. The van der Waals surface area contributed by atoms with Crippen molar-refractivity contribution in [1.29, 1.82) is 0 Å². The summed E-state index contributed by atoms with van der Waals surface area (Å²) in [6.07, 6.45) is -1.41. The molecule has 0 radical (unpaired) electrons. The fourth-order valence-corrected chi connectivity index (χ4v) is 3.94. The molecule has 0 saturated heterocycles. The van der Waals surface area contributed by atoms with E-state index in [1.807, 2.05) is 65.2 Å². The number of hydrogen-bond donors (Lipinski definition) is 2. The van der Waals surface area contributed by atoms with Gasteiger partial charge in [-0.15, -0.1) is 13.2 Å². The average Bonchev–Trinajstić information content (AvgIpc) is 3.29. The number of fused-ring (bicyclic) bond motifs is 3. The van der Waals surface area contributed by atoms with Crippen LogP contribution in [0.5, 0.6) is 5.75 Å². The molecule has 180 valence electrons. The lowest BCUT2D eigenvalue weighted by Gasteiger charge is -2.10. The quantitative estimate of drug-likeness (QED) is 0.164. The molecule has 0 aliphatic rings. The summed E-state index contributed by atoms with van der Waals surface area (Å²) in [5.74, 6) is -0.276. The normalized spacial score (nSPS) is 11.8. The van der Waals surface area contributed by atoms with Crippen molar-refractivity contribution in [3.63, 3.8) is 0 Å². The lowest BCUT2D eigenvalue weighted by molar-refractivity contribution is -0.274. The first-order chi connectivity index (χ1) is 17.4. The smallest absolute Gasteiger partial charge is 0.406 e. The maximum Gasteiger partial charge on any atom is 0.573 e. The van der Waals surface area contributed by atoms with Gasteiger partial charge >= 0.3 is 6.36 Å². The van der Waals surface area contributed by atoms with Crippen LogP contribution in [0.2, 0.25) is 0 Å². The number of para-hydroxylation sites is 1. The summed E-state index contributed by atoms with van der Waals surface area (Å²) in [6.45, 7) is 0. The highest BCUT2D eigenvalue weighted by Crippen LogP contribution is 2.28. The zero-order valence-electron chi connectivity index (χ0n) is 18.5. The molecule has 0 atom stereocenters. The van der Waals surface area contributed by atoms with Gasteiger partial charge in [-0.2, -0.15) is 5.10 Å². The van der Waals surface area contributed by atoms with Gasteiger partial charge in [0, 0.05) is 16.8 Å². The van der Waals surface area contributed by atoms with Crippen LogP contribution in [0.15, 0.2) is 96.4 Å². The van der Waals surface area contributed by atoms with Crippen LogP contribution in [-0.4, -0.2) is 27.2 Å². The Kier molecular flexibility index (Phi) is 6.26. The number of benzene rings is 4. The van der Waals surface area contributed by atoms with Crippen LogP contribution < -0.4 is 15.5 Å². The van der Waals surface area contributed by atoms with Crippen molar-refractivity contribution in [3.05, 3.63) is 96.8 Å². The maximum absolute atomic E-state index is 12.4. The molecule has 0 aliphatic heterocycles. The van der Waals surface area contributed by atoms with Crippen LogP contribution in [-0.2, 0) is 0 Å². The Morgan fingerprint density at radius 2 is 1.75 bits per heavy atom. The predicted molar refractivity (Wildman–Crippen MR) is 139 cm³/mol. The van der Waals surface area contributed by atoms with Gasteiger partial charge in [-0.05, 0) is 71.7 Å². The number of halogens is 3. The minimum atomic E-state index is -4.73. The third-order valence-corrected chi connectivity index (χ3v) is 5.51. The van der Waals surface area contributed by atoms with E-state index in [0.29, 0.717) is 10.8 Å². The second kappa shape index (κ2) is 9.67. The second-order valence-electron chi connectivity index (χ2n) is 7.76. The number of nitrogens with one attached hydrogen (secondary N) is 2. The van der Waals surface area contributed by atoms with Crippen LogP contribution in [0.3, 0.4) is 0 Å².